The lowest BCUT2D eigenvalue weighted by Gasteiger charge is -2.24. The van der Waals surface area contributed by atoms with Gasteiger partial charge in [0.25, 0.3) is 0 Å². The SMILES string of the molecule is CO[Si](CCCOc1cccc(N=[N+]=[N-])c1)(OC)OC. The normalized spacial score (nSPS) is 10.9. The van der Waals surface area contributed by atoms with Crippen molar-refractivity contribution in [3.8, 4) is 5.75 Å². The van der Waals surface area contributed by atoms with Crippen LogP contribution in [0.1, 0.15) is 6.42 Å². The van der Waals surface area contributed by atoms with Gasteiger partial charge in [0.15, 0.2) is 0 Å². The van der Waals surface area contributed by atoms with E-state index in [1.165, 1.54) is 0 Å². The van der Waals surface area contributed by atoms with Gasteiger partial charge in [-0.2, -0.15) is 0 Å². The number of hydrogen-bond acceptors (Lipinski definition) is 5. The summed E-state index contributed by atoms with van der Waals surface area (Å²) in [5.41, 5.74) is 8.90. The lowest BCUT2D eigenvalue weighted by atomic mass is 10.3. The summed E-state index contributed by atoms with van der Waals surface area (Å²) in [5, 5.41) is 3.52. The molecule has 0 aliphatic heterocycles. The number of hydrogen-bond donors (Lipinski definition) is 0. The molecule has 0 fully saturated rings. The highest BCUT2D eigenvalue weighted by atomic mass is 28.4. The van der Waals surface area contributed by atoms with Gasteiger partial charge in [-0.1, -0.05) is 17.2 Å². The minimum absolute atomic E-state index is 0.505. The molecule has 1 rings (SSSR count). The first kappa shape index (κ1) is 16.5. The molecule has 0 radical (unpaired) electrons. The lowest BCUT2D eigenvalue weighted by Crippen LogP contribution is -2.42. The topological polar surface area (TPSA) is 85.7 Å². The maximum Gasteiger partial charge on any atom is 0.500 e. The molecule has 0 saturated heterocycles. The Bertz CT molecular complexity index is 454. The van der Waals surface area contributed by atoms with Crippen molar-refractivity contribution >= 4 is 14.5 Å². The Morgan fingerprint density at radius 1 is 1.20 bits per heavy atom. The van der Waals surface area contributed by atoms with Crippen molar-refractivity contribution < 1.29 is 18.0 Å². The van der Waals surface area contributed by atoms with E-state index in [4.69, 9.17) is 23.5 Å². The molecule has 1 aromatic rings. The number of azide groups is 1. The molecule has 7 nitrogen and oxygen atoms in total. The second-order valence-corrected chi connectivity index (χ2v) is 7.02. The fourth-order valence-corrected chi connectivity index (χ4v) is 3.41. The average molecular weight is 297 g/mol. The molecule has 8 heteroatoms. The maximum atomic E-state index is 8.38. The molecule has 0 unspecified atom stereocenters. The third-order valence-electron chi connectivity index (χ3n) is 2.81. The van der Waals surface area contributed by atoms with Crippen molar-refractivity contribution in [2.45, 2.75) is 12.5 Å². The van der Waals surface area contributed by atoms with Crippen LogP contribution < -0.4 is 4.74 Å². The molecular formula is C12H19N3O4Si. The van der Waals surface area contributed by atoms with Gasteiger partial charge in [0.1, 0.15) is 5.75 Å². The van der Waals surface area contributed by atoms with Gasteiger partial charge in [0, 0.05) is 38.0 Å². The van der Waals surface area contributed by atoms with E-state index in [1.807, 2.05) is 6.07 Å². The predicted molar refractivity (Wildman–Crippen MR) is 76.9 cm³/mol. The Balaban J connectivity index is 2.44. The van der Waals surface area contributed by atoms with E-state index in [2.05, 4.69) is 10.0 Å². The smallest absolute Gasteiger partial charge is 0.494 e. The molecule has 110 valence electrons. The lowest BCUT2D eigenvalue weighted by molar-refractivity contribution is 0.121. The molecule has 0 aliphatic carbocycles. The van der Waals surface area contributed by atoms with Crippen molar-refractivity contribution in [1.82, 2.24) is 0 Å². The largest absolute Gasteiger partial charge is 0.500 e. The standard InChI is InChI=1S/C12H19N3O4Si/c1-16-20(17-2,18-3)9-5-8-19-12-7-4-6-11(10-12)14-15-13/h4,6-7,10H,5,8-9H2,1-3H3. The van der Waals surface area contributed by atoms with Crippen molar-refractivity contribution in [1.29, 1.82) is 0 Å². The second-order valence-electron chi connectivity index (χ2n) is 3.93. The summed E-state index contributed by atoms with van der Waals surface area (Å²) in [4.78, 5) is 2.73. The molecule has 0 heterocycles. The maximum absolute atomic E-state index is 8.38. The zero-order valence-electron chi connectivity index (χ0n) is 11.9. The van der Waals surface area contributed by atoms with E-state index in [9.17, 15) is 0 Å². The number of ether oxygens (including phenoxy) is 1. The second kappa shape index (κ2) is 8.57. The summed E-state index contributed by atoms with van der Waals surface area (Å²) in [7, 11) is 2.23. The number of rotatable bonds is 9. The van der Waals surface area contributed by atoms with Crippen LogP contribution in [0.5, 0.6) is 5.75 Å². The van der Waals surface area contributed by atoms with Crippen LogP contribution in [0.25, 0.3) is 10.4 Å². The van der Waals surface area contributed by atoms with E-state index < -0.39 is 8.80 Å². The van der Waals surface area contributed by atoms with Crippen LogP contribution in [0.15, 0.2) is 29.4 Å². The molecule has 0 aliphatic rings. The highest BCUT2D eigenvalue weighted by Gasteiger charge is 2.36. The first-order valence-electron chi connectivity index (χ1n) is 6.13. The Labute approximate surface area is 119 Å². The Kier molecular flexibility index (Phi) is 7.06. The van der Waals surface area contributed by atoms with Gasteiger partial charge < -0.3 is 18.0 Å². The van der Waals surface area contributed by atoms with Gasteiger partial charge in [-0.25, -0.2) is 0 Å². The summed E-state index contributed by atoms with van der Waals surface area (Å²) in [5.74, 6) is 0.661. The van der Waals surface area contributed by atoms with Gasteiger partial charge in [-0.3, -0.25) is 0 Å². The molecule has 0 atom stereocenters. The number of nitrogens with zero attached hydrogens (tertiary/aromatic N) is 3. The summed E-state index contributed by atoms with van der Waals surface area (Å²) in [6.07, 6.45) is 0.744. The van der Waals surface area contributed by atoms with Gasteiger partial charge >= 0.3 is 8.80 Å². The monoisotopic (exact) mass is 297 g/mol. The molecule has 0 N–H and O–H groups in total. The van der Waals surface area contributed by atoms with Gasteiger partial charge in [0.05, 0.1) is 6.61 Å². The van der Waals surface area contributed by atoms with E-state index in [-0.39, 0.29) is 0 Å². The average Bonchev–Trinajstić information content (AvgIpc) is 2.49. The molecule has 0 spiro atoms. The van der Waals surface area contributed by atoms with Crippen molar-refractivity contribution in [3.05, 3.63) is 34.7 Å². The van der Waals surface area contributed by atoms with E-state index in [0.717, 1.165) is 6.42 Å². The minimum atomic E-state index is -2.53. The van der Waals surface area contributed by atoms with Gasteiger partial charge in [-0.15, -0.1) is 0 Å². The van der Waals surface area contributed by atoms with Crippen LogP contribution in [0.4, 0.5) is 5.69 Å². The van der Waals surface area contributed by atoms with Crippen LogP contribution in [0.3, 0.4) is 0 Å². The number of benzene rings is 1. The summed E-state index contributed by atoms with van der Waals surface area (Å²) < 4.78 is 21.6. The molecule has 1 aromatic carbocycles. The third kappa shape index (κ3) is 4.84. The molecule has 0 bridgehead atoms. The molecular weight excluding hydrogens is 278 g/mol. The minimum Gasteiger partial charge on any atom is -0.494 e. The molecule has 0 saturated carbocycles. The van der Waals surface area contributed by atoms with E-state index in [0.29, 0.717) is 24.1 Å². The molecule has 0 aromatic heterocycles. The van der Waals surface area contributed by atoms with Crippen molar-refractivity contribution in [2.75, 3.05) is 27.9 Å². The highest BCUT2D eigenvalue weighted by molar-refractivity contribution is 6.60. The highest BCUT2D eigenvalue weighted by Crippen LogP contribution is 2.21. The zero-order chi connectivity index (χ0) is 14.8. The molecule has 0 amide bonds. The van der Waals surface area contributed by atoms with Crippen LogP contribution >= 0.6 is 0 Å². The van der Waals surface area contributed by atoms with Gasteiger partial charge in [-0.05, 0) is 24.1 Å². The van der Waals surface area contributed by atoms with Gasteiger partial charge in [0.2, 0.25) is 0 Å². The van der Waals surface area contributed by atoms with Crippen LogP contribution in [0, 0.1) is 0 Å². The zero-order valence-corrected chi connectivity index (χ0v) is 12.9. The Morgan fingerprint density at radius 2 is 1.90 bits per heavy atom. The first-order valence-corrected chi connectivity index (χ1v) is 8.06. The predicted octanol–water partition coefficient (Wildman–Crippen LogP) is 3.28. The van der Waals surface area contributed by atoms with Crippen molar-refractivity contribution in [3.63, 3.8) is 0 Å². The van der Waals surface area contributed by atoms with Crippen molar-refractivity contribution in [2.24, 2.45) is 5.11 Å². The first-order chi connectivity index (χ1) is 9.69. The van der Waals surface area contributed by atoms with Crippen LogP contribution in [-0.4, -0.2) is 36.7 Å². The fourth-order valence-electron chi connectivity index (χ4n) is 1.72. The fraction of sp³-hybridized carbons (Fsp3) is 0.500. The summed E-state index contributed by atoms with van der Waals surface area (Å²) in [6, 6.07) is 7.66. The van der Waals surface area contributed by atoms with E-state index >= 15 is 0 Å². The Hall–Kier alpha value is -1.57. The quantitative estimate of drug-likeness (QED) is 0.230. The molecule has 20 heavy (non-hydrogen) atoms. The van der Waals surface area contributed by atoms with Crippen LogP contribution in [-0.2, 0) is 13.3 Å². The van der Waals surface area contributed by atoms with E-state index in [1.54, 1.807) is 39.5 Å². The third-order valence-corrected chi connectivity index (χ3v) is 5.64. The summed E-state index contributed by atoms with van der Waals surface area (Å²) in [6.45, 7) is 0.505. The summed E-state index contributed by atoms with van der Waals surface area (Å²) >= 11 is 0. The Morgan fingerprint density at radius 3 is 2.50 bits per heavy atom. The van der Waals surface area contributed by atoms with Crippen LogP contribution in [0.2, 0.25) is 6.04 Å².